The molecule has 1 aromatic rings. The minimum absolute atomic E-state index is 0.00888. The average molecular weight is 301 g/mol. The van der Waals surface area contributed by atoms with Crippen LogP contribution in [0.15, 0.2) is 30.3 Å². The van der Waals surface area contributed by atoms with E-state index in [1.54, 1.807) is 16.7 Å². The van der Waals surface area contributed by atoms with E-state index in [-0.39, 0.29) is 17.4 Å². The SMILES string of the molecule is CC(=O)N1CCN(C(=O)NCC2(c3ccccc3)CC2)CC1. The Bertz CT molecular complexity index is 546. The van der Waals surface area contributed by atoms with Gasteiger partial charge in [0.15, 0.2) is 0 Å². The second kappa shape index (κ2) is 5.99. The van der Waals surface area contributed by atoms with Gasteiger partial charge < -0.3 is 15.1 Å². The maximum Gasteiger partial charge on any atom is 0.317 e. The van der Waals surface area contributed by atoms with Gasteiger partial charge in [0.2, 0.25) is 5.91 Å². The third kappa shape index (κ3) is 3.08. The summed E-state index contributed by atoms with van der Waals surface area (Å²) in [6.45, 7) is 4.77. The molecule has 1 saturated carbocycles. The van der Waals surface area contributed by atoms with Crippen LogP contribution in [0.25, 0.3) is 0 Å². The van der Waals surface area contributed by atoms with Crippen molar-refractivity contribution < 1.29 is 9.59 Å². The zero-order valence-corrected chi connectivity index (χ0v) is 13.0. The summed E-state index contributed by atoms with van der Waals surface area (Å²) in [4.78, 5) is 27.2. The maximum absolute atomic E-state index is 12.3. The van der Waals surface area contributed by atoms with Crippen LogP contribution in [-0.2, 0) is 10.2 Å². The summed E-state index contributed by atoms with van der Waals surface area (Å²) in [5.74, 6) is 0.0843. The van der Waals surface area contributed by atoms with Gasteiger partial charge in [-0.2, -0.15) is 0 Å². The topological polar surface area (TPSA) is 52.7 Å². The molecule has 0 atom stereocenters. The van der Waals surface area contributed by atoms with Crippen LogP contribution in [0.5, 0.6) is 0 Å². The van der Waals surface area contributed by atoms with E-state index in [2.05, 4.69) is 29.6 Å². The Hall–Kier alpha value is -2.04. The summed E-state index contributed by atoms with van der Waals surface area (Å²) in [7, 11) is 0. The molecule has 0 radical (unpaired) electrons. The van der Waals surface area contributed by atoms with Crippen LogP contribution >= 0.6 is 0 Å². The lowest BCUT2D eigenvalue weighted by Crippen LogP contribution is -2.53. The van der Waals surface area contributed by atoms with Gasteiger partial charge in [0.25, 0.3) is 0 Å². The van der Waals surface area contributed by atoms with Gasteiger partial charge >= 0.3 is 6.03 Å². The first-order chi connectivity index (χ1) is 10.6. The molecule has 118 valence electrons. The highest BCUT2D eigenvalue weighted by molar-refractivity contribution is 5.76. The van der Waals surface area contributed by atoms with Gasteiger partial charge in [0.05, 0.1) is 0 Å². The van der Waals surface area contributed by atoms with Crippen LogP contribution in [0, 0.1) is 0 Å². The number of rotatable bonds is 3. The summed E-state index contributed by atoms with van der Waals surface area (Å²) in [5.41, 5.74) is 1.45. The van der Waals surface area contributed by atoms with Crippen LogP contribution in [0.4, 0.5) is 4.79 Å². The first-order valence-corrected chi connectivity index (χ1v) is 7.95. The van der Waals surface area contributed by atoms with E-state index in [0.29, 0.717) is 32.7 Å². The van der Waals surface area contributed by atoms with Crippen molar-refractivity contribution in [3.63, 3.8) is 0 Å². The normalized spacial score (nSPS) is 19.7. The molecule has 1 heterocycles. The molecule has 2 aliphatic rings. The van der Waals surface area contributed by atoms with Crippen LogP contribution in [-0.4, -0.2) is 54.5 Å². The second-order valence-electron chi connectivity index (χ2n) is 6.30. The van der Waals surface area contributed by atoms with Crippen molar-refractivity contribution in [3.8, 4) is 0 Å². The molecule has 0 spiro atoms. The number of carbonyl (C=O) groups excluding carboxylic acids is 2. The van der Waals surface area contributed by atoms with Gasteiger partial charge in [-0.3, -0.25) is 4.79 Å². The van der Waals surface area contributed by atoms with Crippen LogP contribution in [0.2, 0.25) is 0 Å². The Morgan fingerprint density at radius 3 is 2.18 bits per heavy atom. The molecule has 0 aromatic heterocycles. The lowest BCUT2D eigenvalue weighted by molar-refractivity contribution is -0.130. The van der Waals surface area contributed by atoms with Crippen molar-refractivity contribution >= 4 is 11.9 Å². The molecule has 0 unspecified atom stereocenters. The third-order valence-electron chi connectivity index (χ3n) is 4.83. The molecule has 22 heavy (non-hydrogen) atoms. The minimum Gasteiger partial charge on any atom is -0.339 e. The smallest absolute Gasteiger partial charge is 0.317 e. The zero-order chi connectivity index (χ0) is 15.6. The standard InChI is InChI=1S/C17H23N3O2/c1-14(21)19-9-11-20(12-10-19)16(22)18-13-17(7-8-17)15-5-3-2-4-6-15/h2-6H,7-13H2,1H3,(H,18,22). The van der Waals surface area contributed by atoms with Crippen molar-refractivity contribution in [1.29, 1.82) is 0 Å². The summed E-state index contributed by atoms with van der Waals surface area (Å²) >= 11 is 0. The molecular formula is C17H23N3O2. The van der Waals surface area contributed by atoms with Gasteiger partial charge in [-0.25, -0.2) is 4.79 Å². The predicted molar refractivity (Wildman–Crippen MR) is 84.6 cm³/mol. The van der Waals surface area contributed by atoms with E-state index in [4.69, 9.17) is 0 Å². The van der Waals surface area contributed by atoms with Gasteiger partial charge in [-0.05, 0) is 18.4 Å². The molecule has 3 rings (SSSR count). The number of hydrogen-bond donors (Lipinski definition) is 1. The first-order valence-electron chi connectivity index (χ1n) is 7.95. The molecule has 1 aliphatic heterocycles. The Morgan fingerprint density at radius 2 is 1.64 bits per heavy atom. The van der Waals surface area contributed by atoms with Crippen molar-refractivity contribution in [3.05, 3.63) is 35.9 Å². The van der Waals surface area contributed by atoms with E-state index in [1.165, 1.54) is 5.56 Å². The van der Waals surface area contributed by atoms with Crippen LogP contribution in [0.1, 0.15) is 25.3 Å². The predicted octanol–water partition coefficient (Wildman–Crippen LogP) is 1.59. The molecule has 1 aromatic carbocycles. The molecule has 1 N–H and O–H groups in total. The monoisotopic (exact) mass is 301 g/mol. The molecule has 0 bridgehead atoms. The first kappa shape index (κ1) is 14.9. The molecular weight excluding hydrogens is 278 g/mol. The zero-order valence-electron chi connectivity index (χ0n) is 13.0. The number of benzene rings is 1. The van der Waals surface area contributed by atoms with E-state index < -0.39 is 0 Å². The summed E-state index contributed by atoms with van der Waals surface area (Å²) in [6, 6.07) is 10.4. The fraction of sp³-hybridized carbons (Fsp3) is 0.529. The maximum atomic E-state index is 12.3. The number of hydrogen-bond acceptors (Lipinski definition) is 2. The fourth-order valence-electron chi connectivity index (χ4n) is 3.09. The number of amides is 3. The van der Waals surface area contributed by atoms with Gasteiger partial charge in [0.1, 0.15) is 0 Å². The number of piperazine rings is 1. The van der Waals surface area contributed by atoms with Gasteiger partial charge in [-0.1, -0.05) is 30.3 Å². The molecule has 3 amide bonds. The Balaban J connectivity index is 1.50. The van der Waals surface area contributed by atoms with Crippen molar-refractivity contribution in [2.24, 2.45) is 0 Å². The Kier molecular flexibility index (Phi) is 4.05. The largest absolute Gasteiger partial charge is 0.339 e. The molecule has 5 heteroatoms. The number of carbonyl (C=O) groups is 2. The van der Waals surface area contributed by atoms with E-state index >= 15 is 0 Å². The molecule has 1 aliphatic carbocycles. The van der Waals surface area contributed by atoms with E-state index in [0.717, 1.165) is 12.8 Å². The minimum atomic E-state index is -0.00888. The van der Waals surface area contributed by atoms with Crippen molar-refractivity contribution in [2.45, 2.75) is 25.2 Å². The van der Waals surface area contributed by atoms with Crippen molar-refractivity contribution in [2.75, 3.05) is 32.7 Å². The molecule has 5 nitrogen and oxygen atoms in total. The van der Waals surface area contributed by atoms with Gasteiger partial charge in [-0.15, -0.1) is 0 Å². The molecule has 2 fully saturated rings. The molecule has 1 saturated heterocycles. The summed E-state index contributed by atoms with van der Waals surface area (Å²) in [5, 5.41) is 3.08. The highest BCUT2D eigenvalue weighted by Crippen LogP contribution is 2.47. The quantitative estimate of drug-likeness (QED) is 0.922. The second-order valence-corrected chi connectivity index (χ2v) is 6.30. The van der Waals surface area contributed by atoms with E-state index in [9.17, 15) is 9.59 Å². The van der Waals surface area contributed by atoms with Crippen LogP contribution in [0.3, 0.4) is 0 Å². The lowest BCUT2D eigenvalue weighted by atomic mass is 9.96. The Morgan fingerprint density at radius 1 is 1.05 bits per heavy atom. The summed E-state index contributed by atoms with van der Waals surface area (Å²) in [6.07, 6.45) is 2.27. The number of nitrogens with one attached hydrogen (secondary N) is 1. The number of urea groups is 1. The summed E-state index contributed by atoms with van der Waals surface area (Å²) < 4.78 is 0. The lowest BCUT2D eigenvalue weighted by Gasteiger charge is -2.34. The number of nitrogens with zero attached hydrogens (tertiary/aromatic N) is 2. The highest BCUT2D eigenvalue weighted by atomic mass is 16.2. The van der Waals surface area contributed by atoms with Gasteiger partial charge in [0, 0.05) is 45.1 Å². The average Bonchev–Trinajstić information content (AvgIpc) is 3.35. The van der Waals surface area contributed by atoms with E-state index in [1.807, 2.05) is 6.07 Å². The fourth-order valence-corrected chi connectivity index (χ4v) is 3.09. The van der Waals surface area contributed by atoms with Crippen molar-refractivity contribution in [1.82, 2.24) is 15.1 Å². The highest BCUT2D eigenvalue weighted by Gasteiger charge is 2.44. The third-order valence-corrected chi connectivity index (χ3v) is 4.83. The Labute approximate surface area is 131 Å². The van der Waals surface area contributed by atoms with Crippen LogP contribution < -0.4 is 5.32 Å².